The first-order valence-corrected chi connectivity index (χ1v) is 9.19. The van der Waals surface area contributed by atoms with Crippen molar-refractivity contribution in [1.82, 2.24) is 4.90 Å². The van der Waals surface area contributed by atoms with E-state index in [-0.39, 0.29) is 12.2 Å². The van der Waals surface area contributed by atoms with Crippen LogP contribution in [0.2, 0.25) is 0 Å². The molecule has 2 aliphatic heterocycles. The summed E-state index contributed by atoms with van der Waals surface area (Å²) in [5, 5.41) is 4.03. The molecule has 1 fully saturated rings. The van der Waals surface area contributed by atoms with Gasteiger partial charge in [-0.25, -0.2) is 0 Å². The van der Waals surface area contributed by atoms with Gasteiger partial charge in [-0.2, -0.15) is 0 Å². The van der Waals surface area contributed by atoms with E-state index in [2.05, 4.69) is 47.0 Å². The number of anilines is 1. The smallest absolute Gasteiger partial charge is 0.145 e. The van der Waals surface area contributed by atoms with Crippen LogP contribution in [-0.2, 0) is 4.84 Å². The highest BCUT2D eigenvalue weighted by Crippen LogP contribution is 2.29. The van der Waals surface area contributed by atoms with Gasteiger partial charge in [-0.15, -0.1) is 11.6 Å². The topological polar surface area (TPSA) is 37.3 Å². The van der Waals surface area contributed by atoms with E-state index in [0.717, 1.165) is 50.6 Å². The number of halogens is 1. The van der Waals surface area contributed by atoms with E-state index >= 15 is 0 Å². The van der Waals surface area contributed by atoms with Crippen molar-refractivity contribution in [1.29, 1.82) is 0 Å². The van der Waals surface area contributed by atoms with Crippen molar-refractivity contribution in [3.05, 3.63) is 24.3 Å². The van der Waals surface area contributed by atoms with Crippen molar-refractivity contribution in [3.63, 3.8) is 0 Å². The van der Waals surface area contributed by atoms with Gasteiger partial charge in [0.25, 0.3) is 0 Å². The van der Waals surface area contributed by atoms with Gasteiger partial charge in [0, 0.05) is 39.1 Å². The van der Waals surface area contributed by atoms with E-state index in [9.17, 15) is 0 Å². The van der Waals surface area contributed by atoms with Crippen LogP contribution in [0.1, 0.15) is 20.3 Å². The van der Waals surface area contributed by atoms with Crippen LogP contribution < -0.4 is 9.64 Å². The number of benzene rings is 1. The van der Waals surface area contributed by atoms with Crippen molar-refractivity contribution in [2.24, 2.45) is 5.16 Å². The third-order valence-corrected chi connectivity index (χ3v) is 4.66. The lowest BCUT2D eigenvalue weighted by molar-refractivity contribution is 0.0510. The molecule has 132 valence electrons. The molecule has 1 unspecified atom stereocenters. The molecule has 5 nitrogen and oxygen atoms in total. The molecule has 1 aromatic carbocycles. The highest BCUT2D eigenvalue weighted by molar-refractivity contribution is 6.28. The van der Waals surface area contributed by atoms with E-state index in [4.69, 9.17) is 21.2 Å². The van der Waals surface area contributed by atoms with Crippen molar-refractivity contribution in [3.8, 4) is 5.75 Å². The Morgan fingerprint density at radius 1 is 1.25 bits per heavy atom. The van der Waals surface area contributed by atoms with Gasteiger partial charge in [-0.1, -0.05) is 17.3 Å². The fraction of sp³-hybridized carbons (Fsp3) is 0.611. The minimum absolute atomic E-state index is 0.155. The molecule has 0 saturated carbocycles. The van der Waals surface area contributed by atoms with Gasteiger partial charge in [0.05, 0.1) is 23.4 Å². The molecule has 1 saturated heterocycles. The van der Waals surface area contributed by atoms with Crippen molar-refractivity contribution < 1.29 is 9.57 Å². The Bertz CT molecular complexity index is 571. The van der Waals surface area contributed by atoms with E-state index in [1.807, 2.05) is 6.07 Å². The number of ether oxygens (including phenoxy) is 1. The maximum Gasteiger partial charge on any atom is 0.145 e. The van der Waals surface area contributed by atoms with Gasteiger partial charge < -0.3 is 14.5 Å². The molecule has 6 heteroatoms. The van der Waals surface area contributed by atoms with Crippen LogP contribution in [0, 0.1) is 0 Å². The Kier molecular flexibility index (Phi) is 5.85. The molecule has 2 heterocycles. The average molecular weight is 352 g/mol. The van der Waals surface area contributed by atoms with Crippen molar-refractivity contribution >= 4 is 23.0 Å². The van der Waals surface area contributed by atoms with Gasteiger partial charge >= 0.3 is 0 Å². The molecule has 24 heavy (non-hydrogen) atoms. The number of hydrogen-bond donors (Lipinski definition) is 0. The Morgan fingerprint density at radius 2 is 2.00 bits per heavy atom. The zero-order chi connectivity index (χ0) is 16.9. The molecule has 1 aromatic rings. The fourth-order valence-electron chi connectivity index (χ4n) is 3.19. The summed E-state index contributed by atoms with van der Waals surface area (Å²) in [6.07, 6.45) is 1.19. The largest absolute Gasteiger partial charge is 0.489 e. The Hall–Kier alpha value is -1.46. The van der Waals surface area contributed by atoms with Crippen LogP contribution in [0.3, 0.4) is 0 Å². The van der Waals surface area contributed by atoms with Crippen LogP contribution in [0.4, 0.5) is 5.69 Å². The first kappa shape index (κ1) is 17.4. The normalized spacial score (nSPS) is 21.8. The van der Waals surface area contributed by atoms with Gasteiger partial charge in [-0.3, -0.25) is 4.90 Å². The average Bonchev–Trinajstić information content (AvgIpc) is 3.03. The fourth-order valence-corrected chi connectivity index (χ4v) is 3.35. The van der Waals surface area contributed by atoms with Crippen LogP contribution in [-0.4, -0.2) is 61.4 Å². The summed E-state index contributed by atoms with van der Waals surface area (Å²) in [5.41, 5.74) is 2.15. The molecule has 0 spiro atoms. The predicted octanol–water partition coefficient (Wildman–Crippen LogP) is 2.98. The molecular formula is C18H26ClN3O2. The third kappa shape index (κ3) is 4.33. The minimum Gasteiger partial charge on any atom is -0.489 e. The first-order chi connectivity index (χ1) is 11.7. The Morgan fingerprint density at radius 3 is 2.67 bits per heavy atom. The molecule has 0 N–H and O–H groups in total. The van der Waals surface area contributed by atoms with Crippen LogP contribution >= 0.6 is 11.6 Å². The number of oxime groups is 1. The van der Waals surface area contributed by atoms with Crippen molar-refractivity contribution in [2.75, 3.05) is 43.5 Å². The Labute approximate surface area is 149 Å². The molecule has 0 aliphatic carbocycles. The second kappa shape index (κ2) is 8.08. The predicted molar refractivity (Wildman–Crippen MR) is 98.5 cm³/mol. The van der Waals surface area contributed by atoms with Crippen molar-refractivity contribution in [2.45, 2.75) is 32.5 Å². The highest BCUT2D eigenvalue weighted by atomic mass is 35.5. The number of piperazine rings is 1. The van der Waals surface area contributed by atoms with E-state index in [0.29, 0.717) is 5.88 Å². The van der Waals surface area contributed by atoms with Crippen LogP contribution in [0.5, 0.6) is 5.75 Å². The molecule has 3 rings (SSSR count). The minimum atomic E-state index is 0.155. The number of nitrogens with zero attached hydrogens (tertiary/aromatic N) is 3. The second-order valence-electron chi connectivity index (χ2n) is 6.64. The third-order valence-electron chi connectivity index (χ3n) is 4.35. The maximum absolute atomic E-state index is 5.95. The van der Waals surface area contributed by atoms with Gasteiger partial charge in [0.2, 0.25) is 0 Å². The van der Waals surface area contributed by atoms with E-state index in [1.165, 1.54) is 5.69 Å². The summed E-state index contributed by atoms with van der Waals surface area (Å²) < 4.78 is 5.95. The summed E-state index contributed by atoms with van der Waals surface area (Å²) in [6.45, 7) is 9.07. The molecule has 0 amide bonds. The molecule has 0 bridgehead atoms. The SMILES string of the molecule is CC(C)Oc1ccccc1N1CCN(CC2CC(CCl)=NO2)CC1. The van der Waals surface area contributed by atoms with E-state index in [1.54, 1.807) is 0 Å². The molecular weight excluding hydrogens is 326 g/mol. The summed E-state index contributed by atoms with van der Waals surface area (Å²) in [5.74, 6) is 1.44. The summed E-state index contributed by atoms with van der Waals surface area (Å²) in [6, 6.07) is 8.31. The molecule has 2 aliphatic rings. The summed E-state index contributed by atoms with van der Waals surface area (Å²) >= 11 is 5.81. The zero-order valence-corrected chi connectivity index (χ0v) is 15.2. The van der Waals surface area contributed by atoms with E-state index < -0.39 is 0 Å². The molecule has 1 atom stereocenters. The van der Waals surface area contributed by atoms with Gasteiger partial charge in [0.15, 0.2) is 0 Å². The monoisotopic (exact) mass is 351 g/mol. The zero-order valence-electron chi connectivity index (χ0n) is 14.4. The number of hydrogen-bond acceptors (Lipinski definition) is 5. The molecule has 0 aromatic heterocycles. The number of alkyl halides is 1. The Balaban J connectivity index is 1.52. The lowest BCUT2D eigenvalue weighted by Gasteiger charge is -2.37. The quantitative estimate of drug-likeness (QED) is 0.738. The van der Waals surface area contributed by atoms with Gasteiger partial charge in [0.1, 0.15) is 11.9 Å². The van der Waals surface area contributed by atoms with Gasteiger partial charge in [-0.05, 0) is 26.0 Å². The van der Waals surface area contributed by atoms with Crippen LogP contribution in [0.25, 0.3) is 0 Å². The number of rotatable bonds is 6. The first-order valence-electron chi connectivity index (χ1n) is 8.66. The summed E-state index contributed by atoms with van der Waals surface area (Å²) in [7, 11) is 0. The maximum atomic E-state index is 5.95. The standard InChI is InChI=1S/C18H26ClN3O2/c1-14(2)23-18-6-4-3-5-17(18)22-9-7-21(8-10-22)13-16-11-15(12-19)20-24-16/h3-6,14,16H,7-13H2,1-2H3. The molecule has 0 radical (unpaired) electrons. The lowest BCUT2D eigenvalue weighted by Crippen LogP contribution is -2.48. The highest BCUT2D eigenvalue weighted by Gasteiger charge is 2.26. The summed E-state index contributed by atoms with van der Waals surface area (Å²) in [4.78, 5) is 10.3. The second-order valence-corrected chi connectivity index (χ2v) is 6.91. The lowest BCUT2D eigenvalue weighted by atomic mass is 10.1. The number of para-hydroxylation sites is 2. The van der Waals surface area contributed by atoms with Crippen LogP contribution in [0.15, 0.2) is 29.4 Å².